The number of halogens is 5. The molecule has 0 amide bonds. The van der Waals surface area contributed by atoms with Gasteiger partial charge in [-0.25, -0.2) is 13.9 Å². The number of nitrogens with zero attached hydrogens (tertiary/aromatic N) is 3. The van der Waals surface area contributed by atoms with Crippen LogP contribution in [-0.2, 0) is 6.18 Å². The van der Waals surface area contributed by atoms with E-state index in [0.29, 0.717) is 4.68 Å². The molecule has 0 atom stereocenters. The Labute approximate surface area is 179 Å². The van der Waals surface area contributed by atoms with Crippen LogP contribution in [-0.4, -0.2) is 14.9 Å². The molecular weight excluding hydrogens is 456 g/mol. The van der Waals surface area contributed by atoms with E-state index in [4.69, 9.17) is 26.3 Å². The molecule has 2 N–H and O–H groups in total. The van der Waals surface area contributed by atoms with Crippen molar-refractivity contribution in [3.05, 3.63) is 69.4 Å². The third kappa shape index (κ3) is 2.93. The largest absolute Gasteiger partial charge is 0.434 e. The van der Waals surface area contributed by atoms with Crippen molar-refractivity contribution in [2.24, 2.45) is 0 Å². The lowest BCUT2D eigenvalue weighted by Gasteiger charge is -2.10. The summed E-state index contributed by atoms with van der Waals surface area (Å²) in [5.74, 6) is -0.848. The second-order valence-corrected chi connectivity index (χ2v) is 7.16. The van der Waals surface area contributed by atoms with E-state index >= 15 is 0 Å². The van der Waals surface area contributed by atoms with Crippen molar-refractivity contribution in [1.29, 1.82) is 0 Å². The highest BCUT2D eigenvalue weighted by Gasteiger charge is 2.41. The van der Waals surface area contributed by atoms with Crippen LogP contribution in [0.3, 0.4) is 0 Å². The molecule has 3 aromatic heterocycles. The molecule has 7 nitrogen and oxygen atoms in total. The van der Waals surface area contributed by atoms with Gasteiger partial charge in [0.25, 0.3) is 5.71 Å². The maximum Gasteiger partial charge on any atom is 0.434 e. The van der Waals surface area contributed by atoms with Crippen molar-refractivity contribution >= 4 is 39.4 Å². The molecular formula is C20H9ClF4N4O3. The lowest BCUT2D eigenvalue weighted by molar-refractivity contribution is -0.141. The van der Waals surface area contributed by atoms with Gasteiger partial charge in [-0.3, -0.25) is 0 Å². The first kappa shape index (κ1) is 20.1. The number of hydrogen-bond donors (Lipinski definition) is 1. The maximum absolute atomic E-state index is 14.4. The molecule has 0 spiro atoms. The molecule has 0 unspecified atom stereocenters. The van der Waals surface area contributed by atoms with Crippen LogP contribution in [0.2, 0.25) is 5.02 Å². The molecule has 0 fully saturated rings. The van der Waals surface area contributed by atoms with Gasteiger partial charge in [-0.05, 0) is 30.3 Å². The molecule has 5 aromatic rings. The van der Waals surface area contributed by atoms with Gasteiger partial charge in [0.15, 0.2) is 11.3 Å². The van der Waals surface area contributed by atoms with Gasteiger partial charge in [-0.2, -0.15) is 13.2 Å². The van der Waals surface area contributed by atoms with E-state index in [1.165, 1.54) is 36.4 Å². The average Bonchev–Trinajstić information content (AvgIpc) is 3.30. The predicted molar refractivity (Wildman–Crippen MR) is 107 cm³/mol. The minimum atomic E-state index is -4.95. The summed E-state index contributed by atoms with van der Waals surface area (Å²) >= 11 is 6.03. The van der Waals surface area contributed by atoms with Crippen molar-refractivity contribution < 1.29 is 26.5 Å². The van der Waals surface area contributed by atoms with Crippen LogP contribution in [0.15, 0.2) is 56.2 Å². The van der Waals surface area contributed by atoms with Crippen molar-refractivity contribution in [3.63, 3.8) is 0 Å². The van der Waals surface area contributed by atoms with E-state index in [1.54, 1.807) is 0 Å². The average molecular weight is 465 g/mol. The second kappa shape index (κ2) is 6.82. The predicted octanol–water partition coefficient (Wildman–Crippen LogP) is 5.18. The maximum atomic E-state index is 14.4. The summed E-state index contributed by atoms with van der Waals surface area (Å²) in [5, 5.41) is 6.17. The van der Waals surface area contributed by atoms with Crippen LogP contribution in [0.1, 0.15) is 5.69 Å². The molecule has 12 heteroatoms. The molecule has 0 radical (unpaired) electrons. The number of nitrogens with two attached hydrogens (primary N) is 1. The van der Waals surface area contributed by atoms with Gasteiger partial charge in [-0.1, -0.05) is 28.9 Å². The van der Waals surface area contributed by atoms with Gasteiger partial charge < -0.3 is 14.7 Å². The Hall–Kier alpha value is -3.86. The van der Waals surface area contributed by atoms with Gasteiger partial charge >= 0.3 is 11.8 Å². The van der Waals surface area contributed by atoms with Gasteiger partial charge in [0.1, 0.15) is 22.3 Å². The first-order valence-corrected chi connectivity index (χ1v) is 9.27. The van der Waals surface area contributed by atoms with E-state index in [2.05, 4.69) is 10.3 Å². The molecule has 2 aromatic carbocycles. The van der Waals surface area contributed by atoms with Gasteiger partial charge in [0, 0.05) is 5.69 Å². The molecule has 0 saturated heterocycles. The fourth-order valence-electron chi connectivity index (χ4n) is 3.46. The quantitative estimate of drug-likeness (QED) is 0.285. The Morgan fingerprint density at radius 1 is 1.09 bits per heavy atom. The lowest BCUT2D eigenvalue weighted by Crippen LogP contribution is -2.14. The summed E-state index contributed by atoms with van der Waals surface area (Å²) in [7, 11) is 0. The molecule has 0 aliphatic rings. The van der Waals surface area contributed by atoms with Crippen LogP contribution in [0, 0.1) is 5.82 Å². The van der Waals surface area contributed by atoms with Crippen molar-refractivity contribution in [3.8, 4) is 16.9 Å². The third-order valence-electron chi connectivity index (χ3n) is 4.75. The van der Waals surface area contributed by atoms with E-state index in [-0.39, 0.29) is 27.7 Å². The standard InChI is InChI=1S/C20H9ClF4N4O3/c21-10-5-2-6-11(22)12(10)15-13-16(32-28-15)14-17(20(23,24)25)29(27-18(14)31-19(13)30)9-4-1-3-8(26)7-9/h1-7H,26H2. The fourth-order valence-corrected chi connectivity index (χ4v) is 3.72. The zero-order valence-corrected chi connectivity index (χ0v) is 16.3. The number of nitrogen functional groups attached to an aromatic ring is 1. The van der Waals surface area contributed by atoms with E-state index in [0.717, 1.165) is 6.07 Å². The first-order chi connectivity index (χ1) is 15.2. The zero-order valence-electron chi connectivity index (χ0n) is 15.6. The molecule has 32 heavy (non-hydrogen) atoms. The highest BCUT2D eigenvalue weighted by molar-refractivity contribution is 6.33. The van der Waals surface area contributed by atoms with Gasteiger partial charge in [0.05, 0.1) is 16.3 Å². The van der Waals surface area contributed by atoms with Crippen LogP contribution >= 0.6 is 11.6 Å². The molecule has 0 saturated carbocycles. The van der Waals surface area contributed by atoms with Crippen LogP contribution in [0.4, 0.5) is 23.2 Å². The monoisotopic (exact) mass is 464 g/mol. The number of fused-ring (bicyclic) bond motifs is 3. The number of hydrogen-bond acceptors (Lipinski definition) is 6. The minimum Gasteiger partial charge on any atom is -0.401 e. The van der Waals surface area contributed by atoms with Gasteiger partial charge in [-0.15, -0.1) is 5.10 Å². The van der Waals surface area contributed by atoms with Crippen LogP contribution < -0.4 is 11.4 Å². The normalized spacial score (nSPS) is 12.2. The Morgan fingerprint density at radius 2 is 1.84 bits per heavy atom. The highest BCUT2D eigenvalue weighted by Crippen LogP contribution is 2.41. The Balaban J connectivity index is 1.93. The Bertz CT molecular complexity index is 1570. The summed E-state index contributed by atoms with van der Waals surface area (Å²) in [6.07, 6.45) is -4.95. The van der Waals surface area contributed by atoms with Gasteiger partial charge in [0.2, 0.25) is 0 Å². The van der Waals surface area contributed by atoms with Crippen molar-refractivity contribution in [2.75, 3.05) is 5.73 Å². The van der Waals surface area contributed by atoms with Crippen LogP contribution in [0.25, 0.3) is 39.0 Å². The highest BCUT2D eigenvalue weighted by atomic mass is 35.5. The fraction of sp³-hybridized carbons (Fsp3) is 0.0500. The van der Waals surface area contributed by atoms with E-state index in [1.807, 2.05) is 0 Å². The minimum absolute atomic E-state index is 0.0267. The number of aromatic nitrogens is 3. The number of rotatable bonds is 2. The molecule has 162 valence electrons. The number of alkyl halides is 3. The second-order valence-electron chi connectivity index (χ2n) is 6.75. The summed E-state index contributed by atoms with van der Waals surface area (Å²) in [5.41, 5.74) is 1.56. The van der Waals surface area contributed by atoms with Crippen molar-refractivity contribution in [2.45, 2.75) is 6.18 Å². The Morgan fingerprint density at radius 3 is 2.53 bits per heavy atom. The summed E-state index contributed by atoms with van der Waals surface area (Å²) < 4.78 is 67.5. The number of anilines is 1. The number of benzene rings is 2. The SMILES string of the molecule is Nc1cccc(-n2nc3oc(=O)c4c(-c5c(F)cccc5Cl)noc4c3c2C(F)(F)F)c1. The molecule has 3 heterocycles. The Kier molecular flexibility index (Phi) is 4.28. The van der Waals surface area contributed by atoms with E-state index in [9.17, 15) is 22.4 Å². The summed E-state index contributed by atoms with van der Waals surface area (Å²) in [4.78, 5) is 12.6. The molecule has 0 bridgehead atoms. The smallest absolute Gasteiger partial charge is 0.401 e. The summed E-state index contributed by atoms with van der Waals surface area (Å²) in [6.45, 7) is 0. The van der Waals surface area contributed by atoms with Crippen molar-refractivity contribution in [1.82, 2.24) is 14.9 Å². The first-order valence-electron chi connectivity index (χ1n) is 8.89. The third-order valence-corrected chi connectivity index (χ3v) is 5.06. The molecule has 5 rings (SSSR count). The zero-order chi connectivity index (χ0) is 22.8. The molecule has 0 aliphatic heterocycles. The topological polar surface area (TPSA) is 100 Å². The molecule has 0 aliphatic carbocycles. The lowest BCUT2D eigenvalue weighted by atomic mass is 10.1. The van der Waals surface area contributed by atoms with E-state index < -0.39 is 45.4 Å². The summed E-state index contributed by atoms with van der Waals surface area (Å²) in [6, 6.07) is 9.25. The van der Waals surface area contributed by atoms with Crippen LogP contribution in [0.5, 0.6) is 0 Å².